The summed E-state index contributed by atoms with van der Waals surface area (Å²) < 4.78 is 17.4. The van der Waals surface area contributed by atoms with Gasteiger partial charge in [-0.3, -0.25) is 14.4 Å². The second-order valence-electron chi connectivity index (χ2n) is 12.8. The normalized spacial score (nSPS) is 19.7. The van der Waals surface area contributed by atoms with Crippen LogP contribution in [-0.2, 0) is 28.6 Å². The summed E-state index contributed by atoms with van der Waals surface area (Å²) in [6.07, 6.45) is 3.82. The fraction of sp³-hybridized carbons (Fsp3) is 0.897. The minimum Gasteiger partial charge on any atom is -0.377 e. The smallest absolute Gasteiger partial charge is 0.246 e. The van der Waals surface area contributed by atoms with E-state index in [1.165, 1.54) is 0 Å². The van der Waals surface area contributed by atoms with Gasteiger partial charge in [0.05, 0.1) is 22.9 Å². The zero-order chi connectivity index (χ0) is 30.4. The van der Waals surface area contributed by atoms with Crippen molar-refractivity contribution in [3.63, 3.8) is 0 Å². The molecule has 3 N–H and O–H groups in total. The Labute approximate surface area is 251 Å². The van der Waals surface area contributed by atoms with Gasteiger partial charge >= 0.3 is 0 Å². The van der Waals surface area contributed by atoms with Crippen LogP contribution in [0.25, 0.3) is 0 Å². The van der Waals surface area contributed by atoms with E-state index in [0.29, 0.717) is 37.2 Å². The van der Waals surface area contributed by atoms with Crippen molar-refractivity contribution in [1.29, 1.82) is 0 Å². The van der Waals surface area contributed by atoms with Crippen LogP contribution in [0.2, 0.25) is 0 Å². The molecule has 234 valence electrons. The molecule has 0 aromatic carbocycles. The first-order chi connectivity index (χ1) is 18.5. The summed E-state index contributed by atoms with van der Waals surface area (Å²) in [5.41, 5.74) is -0.658. The van der Waals surface area contributed by atoms with E-state index in [2.05, 4.69) is 50.6 Å². The number of amides is 3. The second-order valence-corrected chi connectivity index (χ2v) is 16.2. The number of nitrogens with one attached hydrogen (secondary N) is 3. The van der Waals surface area contributed by atoms with E-state index in [1.54, 1.807) is 23.5 Å². The topological polar surface area (TPSA) is 115 Å². The molecular weight excluding hydrogens is 550 g/mol. The Morgan fingerprint density at radius 2 is 1.52 bits per heavy atom. The van der Waals surface area contributed by atoms with Gasteiger partial charge < -0.3 is 30.2 Å². The van der Waals surface area contributed by atoms with E-state index in [1.807, 2.05) is 27.7 Å². The Balaban J connectivity index is 2.21. The van der Waals surface area contributed by atoms with Crippen molar-refractivity contribution in [3.8, 4) is 0 Å². The monoisotopic (exact) mass is 605 g/mol. The quantitative estimate of drug-likeness (QED) is 0.171. The average molecular weight is 606 g/mol. The summed E-state index contributed by atoms with van der Waals surface area (Å²) in [5, 5.41) is 8.86. The fourth-order valence-electron chi connectivity index (χ4n) is 4.42. The van der Waals surface area contributed by atoms with Gasteiger partial charge in [-0.15, -0.1) is 23.5 Å². The lowest BCUT2D eigenvalue weighted by molar-refractivity contribution is -0.130. The molecule has 0 spiro atoms. The minimum absolute atomic E-state index is 0.0386. The van der Waals surface area contributed by atoms with Crippen LogP contribution >= 0.6 is 23.5 Å². The van der Waals surface area contributed by atoms with Gasteiger partial charge in [-0.2, -0.15) is 0 Å². The molecule has 2 atom stereocenters. The molecule has 9 nitrogen and oxygen atoms in total. The van der Waals surface area contributed by atoms with Gasteiger partial charge in [0.1, 0.15) is 13.2 Å². The fourth-order valence-corrected chi connectivity index (χ4v) is 6.63. The maximum absolute atomic E-state index is 12.7. The van der Waals surface area contributed by atoms with E-state index in [9.17, 15) is 14.4 Å². The lowest BCUT2D eigenvalue weighted by atomic mass is 9.71. The third-order valence-corrected chi connectivity index (χ3v) is 9.46. The van der Waals surface area contributed by atoms with E-state index < -0.39 is 0 Å². The zero-order valence-corrected chi connectivity index (χ0v) is 27.9. The Kier molecular flexibility index (Phi) is 16.5. The first kappa shape index (κ1) is 37.0. The molecule has 1 aliphatic heterocycles. The average Bonchev–Trinajstić information content (AvgIpc) is 2.82. The van der Waals surface area contributed by atoms with Gasteiger partial charge in [-0.25, -0.2) is 0 Å². The molecule has 2 unspecified atom stereocenters. The number of rotatable bonds is 20. The molecule has 0 bridgehead atoms. The highest BCUT2D eigenvalue weighted by Crippen LogP contribution is 2.46. The van der Waals surface area contributed by atoms with E-state index in [4.69, 9.17) is 14.2 Å². The number of carbonyl (C=O) groups excluding carboxylic acids is 3. The van der Waals surface area contributed by atoms with Gasteiger partial charge in [0, 0.05) is 26.1 Å². The standard InChI is InChI=1S/C29H55N3O6S2/c1-10-29(9,20-32-24(34)17-37-26-39-22(3)40-26)19-28(7,8)16-23(33)30-13-11-12-21(2)36-15-14-31-25(35)18-38-27(4,5)6/h21-22,26H,10-20H2,1-9H3,(H,30,33)(H,31,35)(H,32,34). The first-order valence-corrected chi connectivity index (χ1v) is 16.4. The largest absolute Gasteiger partial charge is 0.377 e. The van der Waals surface area contributed by atoms with E-state index in [-0.39, 0.29) is 58.2 Å². The van der Waals surface area contributed by atoms with Crippen molar-refractivity contribution >= 4 is 41.2 Å². The Morgan fingerprint density at radius 1 is 0.900 bits per heavy atom. The highest BCUT2D eigenvalue weighted by atomic mass is 32.3. The van der Waals surface area contributed by atoms with Gasteiger partial charge in [-0.1, -0.05) is 27.7 Å². The van der Waals surface area contributed by atoms with Crippen LogP contribution in [0, 0.1) is 10.8 Å². The number of hydrogen-bond donors (Lipinski definition) is 3. The highest BCUT2D eigenvalue weighted by Gasteiger charge is 2.33. The van der Waals surface area contributed by atoms with Crippen molar-refractivity contribution < 1.29 is 28.6 Å². The highest BCUT2D eigenvalue weighted by molar-refractivity contribution is 8.33. The molecule has 0 saturated carbocycles. The van der Waals surface area contributed by atoms with Crippen molar-refractivity contribution in [2.45, 2.75) is 115 Å². The van der Waals surface area contributed by atoms with E-state index >= 15 is 0 Å². The van der Waals surface area contributed by atoms with E-state index in [0.717, 1.165) is 25.7 Å². The minimum atomic E-state index is -0.342. The Bertz CT molecular complexity index is 786. The molecular formula is C29H55N3O6S2. The molecule has 0 aromatic rings. The van der Waals surface area contributed by atoms with Crippen LogP contribution in [-0.4, -0.2) is 78.2 Å². The Morgan fingerprint density at radius 3 is 2.12 bits per heavy atom. The third kappa shape index (κ3) is 17.7. The predicted octanol–water partition coefficient (Wildman–Crippen LogP) is 4.68. The van der Waals surface area contributed by atoms with Crippen molar-refractivity contribution in [2.75, 3.05) is 39.5 Å². The van der Waals surface area contributed by atoms with Crippen molar-refractivity contribution in [1.82, 2.24) is 16.0 Å². The van der Waals surface area contributed by atoms with Crippen LogP contribution in [0.3, 0.4) is 0 Å². The molecule has 1 fully saturated rings. The summed E-state index contributed by atoms with van der Waals surface area (Å²) in [6.45, 7) is 20.5. The predicted molar refractivity (Wildman–Crippen MR) is 165 cm³/mol. The molecule has 1 aliphatic rings. The third-order valence-electron chi connectivity index (χ3n) is 6.64. The van der Waals surface area contributed by atoms with Crippen LogP contribution in [0.4, 0.5) is 0 Å². The molecule has 1 rings (SSSR count). The van der Waals surface area contributed by atoms with Crippen molar-refractivity contribution in [3.05, 3.63) is 0 Å². The zero-order valence-electron chi connectivity index (χ0n) is 26.3. The number of ether oxygens (including phenoxy) is 3. The van der Waals surface area contributed by atoms with Crippen LogP contribution in [0.15, 0.2) is 0 Å². The summed E-state index contributed by atoms with van der Waals surface area (Å²) in [4.78, 5) is 36.7. The number of carbonyl (C=O) groups is 3. The molecule has 1 saturated heterocycles. The molecule has 1 heterocycles. The summed E-state index contributed by atoms with van der Waals surface area (Å²) in [7, 11) is 0. The maximum atomic E-state index is 12.7. The van der Waals surface area contributed by atoms with Gasteiger partial charge in [0.2, 0.25) is 17.7 Å². The van der Waals surface area contributed by atoms with Gasteiger partial charge in [0.25, 0.3) is 0 Å². The summed E-state index contributed by atoms with van der Waals surface area (Å²) in [5.74, 6) is -0.202. The van der Waals surface area contributed by atoms with Crippen LogP contribution in [0.5, 0.6) is 0 Å². The van der Waals surface area contributed by atoms with Gasteiger partial charge in [0.15, 0.2) is 4.77 Å². The summed E-state index contributed by atoms with van der Waals surface area (Å²) >= 11 is 3.45. The van der Waals surface area contributed by atoms with Crippen LogP contribution < -0.4 is 16.0 Å². The lowest BCUT2D eigenvalue weighted by Gasteiger charge is -2.37. The molecule has 0 aromatic heterocycles. The Hall–Kier alpha value is -1.01. The summed E-state index contributed by atoms with van der Waals surface area (Å²) in [6, 6.07) is 0. The van der Waals surface area contributed by atoms with Crippen molar-refractivity contribution in [2.24, 2.45) is 10.8 Å². The molecule has 0 aliphatic carbocycles. The molecule has 40 heavy (non-hydrogen) atoms. The molecule has 0 radical (unpaired) electrons. The molecule has 3 amide bonds. The lowest BCUT2D eigenvalue weighted by Crippen LogP contribution is -2.41. The number of hydrogen-bond acceptors (Lipinski definition) is 8. The van der Waals surface area contributed by atoms with Gasteiger partial charge in [-0.05, 0) is 71.1 Å². The van der Waals surface area contributed by atoms with Crippen LogP contribution in [0.1, 0.15) is 94.4 Å². The second kappa shape index (κ2) is 17.8. The maximum Gasteiger partial charge on any atom is 0.246 e. The SMILES string of the molecule is CCC(C)(CNC(=O)COC1SC(C)S1)CC(C)(C)CC(=O)NCCCC(C)OCCNC(=O)COC(C)(C)C. The molecule has 11 heteroatoms. The first-order valence-electron chi connectivity index (χ1n) is 14.5. The number of thioether (sulfide) groups is 2.